The maximum atomic E-state index is 10.2. The molecule has 11 heavy (non-hydrogen) atoms. The topological polar surface area (TPSA) is 69.6 Å². The Bertz CT molecular complexity index is 145. The molecular weight excluding hydrogens is 146 g/mol. The molecule has 0 aliphatic rings. The summed E-state index contributed by atoms with van der Waals surface area (Å²) in [5, 5.41) is 19.3. The molecule has 0 fully saturated rings. The Kier molecular flexibility index (Phi) is 5.42. The molecule has 4 nitrogen and oxygen atoms in total. The summed E-state index contributed by atoms with van der Waals surface area (Å²) in [7, 11) is 0. The van der Waals surface area contributed by atoms with Crippen LogP contribution in [0.1, 0.15) is 12.8 Å². The maximum Gasteiger partial charge on any atom is 0.330 e. The third-order valence-corrected chi connectivity index (χ3v) is 1.25. The van der Waals surface area contributed by atoms with E-state index < -0.39 is 5.97 Å². The third kappa shape index (κ3) is 5.57. The van der Waals surface area contributed by atoms with Crippen molar-refractivity contribution in [2.45, 2.75) is 12.8 Å². The molecule has 0 rings (SSSR count). The first-order chi connectivity index (χ1) is 5.18. The first-order valence-corrected chi connectivity index (χ1v) is 3.41. The molecule has 0 atom stereocenters. The van der Waals surface area contributed by atoms with Crippen molar-refractivity contribution in [3.8, 4) is 0 Å². The third-order valence-electron chi connectivity index (χ3n) is 1.25. The smallest absolute Gasteiger partial charge is 0.330 e. The number of nitrogens with one attached hydrogen (secondary N) is 1. The Hall–Kier alpha value is -0.870. The fourth-order valence-electron chi connectivity index (χ4n) is 0.613. The van der Waals surface area contributed by atoms with Crippen LogP contribution in [0.15, 0.2) is 12.2 Å². The molecule has 0 aromatic rings. The highest BCUT2D eigenvalue weighted by atomic mass is 16.4. The van der Waals surface area contributed by atoms with Crippen LogP contribution in [0.25, 0.3) is 0 Å². The standard InChI is InChI=1S/C7H13NO3/c1-6(7(10)11)3-2-4-8-5-9/h8-9H,1-5H2,(H,10,11). The van der Waals surface area contributed by atoms with Crippen LogP contribution in [-0.2, 0) is 4.79 Å². The summed E-state index contributed by atoms with van der Waals surface area (Å²) in [5.41, 5.74) is 0.213. The molecule has 0 aromatic carbocycles. The highest BCUT2D eigenvalue weighted by Gasteiger charge is 2.01. The summed E-state index contributed by atoms with van der Waals surface area (Å²) in [4.78, 5) is 10.2. The zero-order valence-corrected chi connectivity index (χ0v) is 6.34. The predicted molar refractivity (Wildman–Crippen MR) is 41.1 cm³/mol. The van der Waals surface area contributed by atoms with Gasteiger partial charge < -0.3 is 10.2 Å². The van der Waals surface area contributed by atoms with Crippen LogP contribution < -0.4 is 5.32 Å². The van der Waals surface area contributed by atoms with Gasteiger partial charge in [-0.3, -0.25) is 5.32 Å². The molecule has 0 aromatic heterocycles. The van der Waals surface area contributed by atoms with Crippen LogP contribution >= 0.6 is 0 Å². The quantitative estimate of drug-likeness (QED) is 0.288. The first kappa shape index (κ1) is 10.1. The largest absolute Gasteiger partial charge is 0.478 e. The SMILES string of the molecule is C=C(CCCNCO)C(=O)O. The number of carbonyl (C=O) groups is 1. The van der Waals surface area contributed by atoms with E-state index in [1.54, 1.807) is 0 Å². The van der Waals surface area contributed by atoms with Crippen molar-refractivity contribution < 1.29 is 15.0 Å². The zero-order valence-electron chi connectivity index (χ0n) is 6.34. The summed E-state index contributed by atoms with van der Waals surface area (Å²) >= 11 is 0. The Labute approximate surface area is 65.5 Å². The predicted octanol–water partition coefficient (Wildman–Crippen LogP) is -0.0532. The fraction of sp³-hybridized carbons (Fsp3) is 0.571. The van der Waals surface area contributed by atoms with Crippen molar-refractivity contribution >= 4 is 5.97 Å². The highest BCUT2D eigenvalue weighted by Crippen LogP contribution is 2.00. The molecule has 0 spiro atoms. The van der Waals surface area contributed by atoms with Gasteiger partial charge in [0, 0.05) is 5.57 Å². The van der Waals surface area contributed by atoms with E-state index in [0.717, 1.165) is 0 Å². The second-order valence-corrected chi connectivity index (χ2v) is 2.17. The number of hydrogen-bond donors (Lipinski definition) is 3. The van der Waals surface area contributed by atoms with Crippen molar-refractivity contribution in [1.29, 1.82) is 0 Å². The zero-order chi connectivity index (χ0) is 8.69. The number of aliphatic hydroxyl groups is 1. The lowest BCUT2D eigenvalue weighted by Crippen LogP contribution is -2.16. The second-order valence-electron chi connectivity index (χ2n) is 2.17. The molecule has 0 aliphatic heterocycles. The molecule has 0 amide bonds. The Morgan fingerprint density at radius 2 is 2.18 bits per heavy atom. The molecule has 4 heteroatoms. The normalized spacial score (nSPS) is 9.55. The minimum atomic E-state index is -0.950. The van der Waals surface area contributed by atoms with Crippen molar-refractivity contribution in [3.05, 3.63) is 12.2 Å². The van der Waals surface area contributed by atoms with Gasteiger partial charge in [0.15, 0.2) is 0 Å². The van der Waals surface area contributed by atoms with E-state index in [1.165, 1.54) is 0 Å². The summed E-state index contributed by atoms with van der Waals surface area (Å²) < 4.78 is 0. The molecule has 0 heterocycles. The van der Waals surface area contributed by atoms with E-state index in [1.807, 2.05) is 0 Å². The molecule has 0 aliphatic carbocycles. The first-order valence-electron chi connectivity index (χ1n) is 3.41. The van der Waals surface area contributed by atoms with Crippen LogP contribution in [0.5, 0.6) is 0 Å². The van der Waals surface area contributed by atoms with Gasteiger partial charge in [-0.25, -0.2) is 4.79 Å². The maximum absolute atomic E-state index is 10.2. The molecule has 0 unspecified atom stereocenters. The van der Waals surface area contributed by atoms with Gasteiger partial charge in [-0.15, -0.1) is 0 Å². The minimum absolute atomic E-state index is 0.0699. The monoisotopic (exact) mass is 159 g/mol. The Morgan fingerprint density at radius 1 is 1.55 bits per heavy atom. The van der Waals surface area contributed by atoms with Crippen molar-refractivity contribution in [3.63, 3.8) is 0 Å². The lowest BCUT2D eigenvalue weighted by atomic mass is 10.2. The van der Waals surface area contributed by atoms with Crippen LogP contribution in [0.3, 0.4) is 0 Å². The lowest BCUT2D eigenvalue weighted by Gasteiger charge is -2.00. The summed E-state index contributed by atoms with van der Waals surface area (Å²) in [5.74, 6) is -0.950. The average molecular weight is 159 g/mol. The van der Waals surface area contributed by atoms with Crippen molar-refractivity contribution in [2.75, 3.05) is 13.3 Å². The van der Waals surface area contributed by atoms with E-state index in [-0.39, 0.29) is 12.3 Å². The van der Waals surface area contributed by atoms with Gasteiger partial charge in [-0.2, -0.15) is 0 Å². The van der Waals surface area contributed by atoms with E-state index in [9.17, 15) is 4.79 Å². The van der Waals surface area contributed by atoms with E-state index in [0.29, 0.717) is 19.4 Å². The summed E-state index contributed by atoms with van der Waals surface area (Å²) in [6, 6.07) is 0. The minimum Gasteiger partial charge on any atom is -0.478 e. The van der Waals surface area contributed by atoms with Gasteiger partial charge in [0.1, 0.15) is 0 Å². The van der Waals surface area contributed by atoms with Gasteiger partial charge >= 0.3 is 5.97 Å². The Balaban J connectivity index is 3.25. The van der Waals surface area contributed by atoms with E-state index in [2.05, 4.69) is 11.9 Å². The number of aliphatic hydroxyl groups excluding tert-OH is 1. The Morgan fingerprint density at radius 3 is 2.64 bits per heavy atom. The molecule has 0 saturated heterocycles. The van der Waals surface area contributed by atoms with Gasteiger partial charge in [0.25, 0.3) is 0 Å². The van der Waals surface area contributed by atoms with E-state index >= 15 is 0 Å². The number of rotatable bonds is 6. The van der Waals surface area contributed by atoms with E-state index in [4.69, 9.17) is 10.2 Å². The van der Waals surface area contributed by atoms with Gasteiger partial charge in [0.2, 0.25) is 0 Å². The lowest BCUT2D eigenvalue weighted by molar-refractivity contribution is -0.132. The molecule has 0 bridgehead atoms. The van der Waals surface area contributed by atoms with Crippen LogP contribution in [0.4, 0.5) is 0 Å². The van der Waals surface area contributed by atoms with Crippen LogP contribution in [0.2, 0.25) is 0 Å². The fourth-order valence-corrected chi connectivity index (χ4v) is 0.613. The number of aliphatic carboxylic acids is 1. The molecule has 3 N–H and O–H groups in total. The van der Waals surface area contributed by atoms with Crippen molar-refractivity contribution in [1.82, 2.24) is 5.32 Å². The second kappa shape index (κ2) is 5.88. The van der Waals surface area contributed by atoms with Gasteiger partial charge in [-0.1, -0.05) is 6.58 Å². The number of carboxylic acid groups (broad SMARTS) is 1. The summed E-state index contributed by atoms with van der Waals surface area (Å²) in [6.07, 6.45) is 1.15. The van der Waals surface area contributed by atoms with Crippen LogP contribution in [-0.4, -0.2) is 29.5 Å². The molecular formula is C7H13NO3. The molecule has 64 valence electrons. The van der Waals surface area contributed by atoms with Gasteiger partial charge in [0.05, 0.1) is 6.73 Å². The van der Waals surface area contributed by atoms with Crippen molar-refractivity contribution in [2.24, 2.45) is 0 Å². The average Bonchev–Trinajstić information content (AvgIpc) is 1.97. The highest BCUT2D eigenvalue weighted by molar-refractivity contribution is 5.85. The van der Waals surface area contributed by atoms with Crippen LogP contribution in [0, 0.1) is 0 Å². The molecule has 0 radical (unpaired) electrons. The number of hydrogen-bond acceptors (Lipinski definition) is 3. The van der Waals surface area contributed by atoms with Gasteiger partial charge in [-0.05, 0) is 19.4 Å². The summed E-state index contributed by atoms with van der Waals surface area (Å²) in [6.45, 7) is 3.91. The number of carboxylic acids is 1. The molecule has 0 saturated carbocycles.